The van der Waals surface area contributed by atoms with Crippen LogP contribution in [0.1, 0.15) is 6.92 Å². The van der Waals surface area contributed by atoms with Gasteiger partial charge >= 0.3 is 0 Å². The third kappa shape index (κ3) is 2.42. The second-order valence-corrected chi connectivity index (χ2v) is 1.57. The minimum atomic E-state index is 0.0930. The monoisotopic (exact) mass is 113 g/mol. The summed E-state index contributed by atoms with van der Waals surface area (Å²) in [4.78, 5) is 0. The van der Waals surface area contributed by atoms with Crippen molar-refractivity contribution in [3.63, 3.8) is 0 Å². The van der Waals surface area contributed by atoms with E-state index >= 15 is 0 Å². The van der Waals surface area contributed by atoms with Crippen LogP contribution in [-0.2, 0) is 0 Å². The Hall–Kier alpha value is -0.760. The fraction of sp³-hybridized carbons (Fsp3) is 0.333. The van der Waals surface area contributed by atoms with E-state index in [0.717, 1.165) is 5.57 Å². The maximum atomic E-state index is 8.63. The van der Waals surface area contributed by atoms with Crippen molar-refractivity contribution < 1.29 is 5.11 Å². The Bertz CT molecular complexity index is 116. The summed E-state index contributed by atoms with van der Waals surface area (Å²) in [6.45, 7) is 5.51. The normalized spacial score (nSPS) is 11.5. The molecule has 0 aliphatic rings. The molecule has 8 heavy (non-hydrogen) atoms. The summed E-state index contributed by atoms with van der Waals surface area (Å²) in [6.07, 6.45) is 1.71. The number of aliphatic hydroxyl groups is 1. The molecule has 0 radical (unpaired) electrons. The highest BCUT2D eigenvalue weighted by molar-refractivity contribution is 5.19. The maximum Gasteiger partial charge on any atom is 0.111 e. The highest BCUT2D eigenvalue weighted by Crippen LogP contribution is 1.99. The number of nitrogens with two attached hydrogens (primary N) is 1. The van der Waals surface area contributed by atoms with Crippen LogP contribution in [0, 0.1) is 0 Å². The summed E-state index contributed by atoms with van der Waals surface area (Å²) in [6, 6.07) is 0. The van der Waals surface area contributed by atoms with Gasteiger partial charge in [0.05, 0.1) is 0 Å². The van der Waals surface area contributed by atoms with Crippen LogP contribution in [0.15, 0.2) is 24.0 Å². The first kappa shape index (κ1) is 7.24. The molecule has 0 saturated heterocycles. The number of hydrogen-bond acceptors (Lipinski definition) is 2. The van der Waals surface area contributed by atoms with Crippen LogP contribution in [0.25, 0.3) is 0 Å². The van der Waals surface area contributed by atoms with Gasteiger partial charge in [0.25, 0.3) is 0 Å². The van der Waals surface area contributed by atoms with E-state index in [4.69, 9.17) is 10.8 Å². The highest BCUT2D eigenvalue weighted by atomic mass is 16.3. The third-order valence-electron chi connectivity index (χ3n) is 0.879. The van der Waals surface area contributed by atoms with Crippen LogP contribution in [0.3, 0.4) is 0 Å². The fourth-order valence-corrected chi connectivity index (χ4v) is 0.295. The van der Waals surface area contributed by atoms with Gasteiger partial charge in [-0.05, 0) is 12.5 Å². The molecule has 0 aromatic carbocycles. The molecule has 0 fully saturated rings. The number of allylic oxidation sites excluding steroid dienone is 1. The zero-order valence-corrected chi connectivity index (χ0v) is 5.02. The van der Waals surface area contributed by atoms with Crippen LogP contribution in [0.4, 0.5) is 0 Å². The van der Waals surface area contributed by atoms with Crippen molar-refractivity contribution in [3.05, 3.63) is 24.0 Å². The summed E-state index contributed by atoms with van der Waals surface area (Å²) >= 11 is 0. The molecule has 3 N–H and O–H groups in total. The Morgan fingerprint density at radius 1 is 1.88 bits per heavy atom. The highest BCUT2D eigenvalue weighted by Gasteiger charge is 1.87. The predicted octanol–water partition coefficient (Wildman–Crippen LogP) is 0.963. The van der Waals surface area contributed by atoms with Crippen molar-refractivity contribution in [1.82, 2.24) is 0 Å². The first-order chi connectivity index (χ1) is 3.68. The van der Waals surface area contributed by atoms with Gasteiger partial charge in [0.1, 0.15) is 5.76 Å². The minimum Gasteiger partial charge on any atom is -0.508 e. The zero-order chi connectivity index (χ0) is 6.57. The second kappa shape index (κ2) is 3.27. The largest absolute Gasteiger partial charge is 0.508 e. The van der Waals surface area contributed by atoms with Crippen molar-refractivity contribution in [3.8, 4) is 0 Å². The number of rotatable bonds is 2. The Labute approximate surface area is 49.3 Å². The standard InChI is InChI=1S/C6H11NO/c1-5(3-4-7)6(2)8/h3,8H,2,4,7H2,1H3/b5-3+. The van der Waals surface area contributed by atoms with E-state index in [1.54, 1.807) is 13.0 Å². The number of aliphatic hydroxyl groups excluding tert-OH is 1. The average molecular weight is 113 g/mol. The first-order valence-electron chi connectivity index (χ1n) is 2.43. The molecular weight excluding hydrogens is 102 g/mol. The van der Waals surface area contributed by atoms with Gasteiger partial charge in [0, 0.05) is 6.54 Å². The molecule has 0 unspecified atom stereocenters. The maximum absolute atomic E-state index is 8.63. The van der Waals surface area contributed by atoms with Crippen molar-refractivity contribution >= 4 is 0 Å². The van der Waals surface area contributed by atoms with E-state index in [2.05, 4.69) is 6.58 Å². The van der Waals surface area contributed by atoms with E-state index in [-0.39, 0.29) is 5.76 Å². The van der Waals surface area contributed by atoms with Gasteiger partial charge in [-0.15, -0.1) is 0 Å². The molecule has 2 nitrogen and oxygen atoms in total. The molecular formula is C6H11NO. The van der Waals surface area contributed by atoms with Crippen molar-refractivity contribution in [2.24, 2.45) is 5.73 Å². The van der Waals surface area contributed by atoms with Gasteiger partial charge in [-0.2, -0.15) is 0 Å². The van der Waals surface area contributed by atoms with Gasteiger partial charge < -0.3 is 10.8 Å². The van der Waals surface area contributed by atoms with Crippen molar-refractivity contribution in [2.45, 2.75) is 6.92 Å². The van der Waals surface area contributed by atoms with Crippen LogP contribution >= 0.6 is 0 Å². The summed E-state index contributed by atoms with van der Waals surface area (Å²) in [5.41, 5.74) is 5.88. The molecule has 46 valence electrons. The number of hydrogen-bond donors (Lipinski definition) is 2. The molecule has 0 aromatic heterocycles. The molecule has 0 spiro atoms. The molecule has 0 aliphatic heterocycles. The third-order valence-corrected chi connectivity index (χ3v) is 0.879. The van der Waals surface area contributed by atoms with E-state index in [1.165, 1.54) is 0 Å². The summed E-state index contributed by atoms with van der Waals surface area (Å²) in [5, 5.41) is 8.63. The lowest BCUT2D eigenvalue weighted by atomic mass is 10.2. The fourth-order valence-electron chi connectivity index (χ4n) is 0.295. The Balaban J connectivity index is 3.80. The van der Waals surface area contributed by atoms with Gasteiger partial charge in [0.15, 0.2) is 0 Å². The lowest BCUT2D eigenvalue weighted by Gasteiger charge is -1.93. The van der Waals surface area contributed by atoms with Crippen LogP contribution < -0.4 is 5.73 Å². The van der Waals surface area contributed by atoms with Crippen LogP contribution in [0.2, 0.25) is 0 Å². The van der Waals surface area contributed by atoms with Gasteiger partial charge in [-0.25, -0.2) is 0 Å². The quantitative estimate of drug-likeness (QED) is 0.414. The van der Waals surface area contributed by atoms with Crippen molar-refractivity contribution in [1.29, 1.82) is 0 Å². The lowest BCUT2D eigenvalue weighted by molar-refractivity contribution is 0.426. The Kier molecular flexibility index (Phi) is 2.96. The molecule has 0 heterocycles. The Morgan fingerprint density at radius 2 is 2.38 bits per heavy atom. The van der Waals surface area contributed by atoms with Crippen LogP contribution in [-0.4, -0.2) is 11.7 Å². The minimum absolute atomic E-state index is 0.0930. The van der Waals surface area contributed by atoms with Crippen LogP contribution in [0.5, 0.6) is 0 Å². The molecule has 0 aromatic rings. The molecule has 0 bridgehead atoms. The molecule has 0 amide bonds. The predicted molar refractivity (Wildman–Crippen MR) is 34.6 cm³/mol. The van der Waals surface area contributed by atoms with E-state index in [1.807, 2.05) is 0 Å². The molecule has 0 rings (SSSR count). The smallest absolute Gasteiger partial charge is 0.111 e. The molecule has 0 aliphatic carbocycles. The van der Waals surface area contributed by atoms with Gasteiger partial charge in [0.2, 0.25) is 0 Å². The summed E-state index contributed by atoms with van der Waals surface area (Å²) in [5.74, 6) is 0.0930. The SMILES string of the molecule is C=C(O)/C(C)=C/CN. The second-order valence-electron chi connectivity index (χ2n) is 1.57. The summed E-state index contributed by atoms with van der Waals surface area (Å²) in [7, 11) is 0. The average Bonchev–Trinajstić information content (AvgIpc) is 1.67. The van der Waals surface area contributed by atoms with Gasteiger partial charge in [-0.3, -0.25) is 0 Å². The van der Waals surface area contributed by atoms with Gasteiger partial charge in [-0.1, -0.05) is 12.7 Å². The molecule has 0 atom stereocenters. The summed E-state index contributed by atoms with van der Waals surface area (Å²) < 4.78 is 0. The molecule has 2 heteroatoms. The topological polar surface area (TPSA) is 46.2 Å². The van der Waals surface area contributed by atoms with E-state index in [0.29, 0.717) is 6.54 Å². The van der Waals surface area contributed by atoms with E-state index in [9.17, 15) is 0 Å². The van der Waals surface area contributed by atoms with E-state index < -0.39 is 0 Å². The Morgan fingerprint density at radius 3 is 2.50 bits per heavy atom. The zero-order valence-electron chi connectivity index (χ0n) is 5.02. The first-order valence-corrected chi connectivity index (χ1v) is 2.43. The lowest BCUT2D eigenvalue weighted by Crippen LogP contribution is -1.95. The molecule has 0 saturated carbocycles. The van der Waals surface area contributed by atoms with Crippen molar-refractivity contribution in [2.75, 3.05) is 6.54 Å².